The van der Waals surface area contributed by atoms with Gasteiger partial charge in [0.25, 0.3) is 0 Å². The van der Waals surface area contributed by atoms with Crippen molar-refractivity contribution in [3.05, 3.63) is 5.89 Å². The lowest BCUT2D eigenvalue weighted by molar-refractivity contribution is 0.134. The molecule has 19 heavy (non-hydrogen) atoms. The fourth-order valence-electron chi connectivity index (χ4n) is 1.35. The van der Waals surface area contributed by atoms with Crippen molar-refractivity contribution in [3.63, 3.8) is 0 Å². The van der Waals surface area contributed by atoms with E-state index in [9.17, 15) is 0 Å². The van der Waals surface area contributed by atoms with Crippen molar-refractivity contribution in [3.8, 4) is 0 Å². The highest BCUT2D eigenvalue weighted by Crippen LogP contribution is 2.07. The highest BCUT2D eigenvalue weighted by atomic mass is 16.5. The molecule has 0 saturated heterocycles. The van der Waals surface area contributed by atoms with Crippen molar-refractivity contribution in [1.82, 2.24) is 15.5 Å². The van der Waals surface area contributed by atoms with Crippen molar-refractivity contribution >= 4 is 6.01 Å². The molecule has 1 rings (SSSR count). The topological polar surface area (TPSA) is 72.2 Å². The van der Waals surface area contributed by atoms with Crippen LogP contribution in [0.15, 0.2) is 4.42 Å². The predicted molar refractivity (Wildman–Crippen MR) is 75.1 cm³/mol. The Morgan fingerprint density at radius 1 is 1.21 bits per heavy atom. The minimum absolute atomic E-state index is 0.0404. The van der Waals surface area contributed by atoms with Crippen LogP contribution in [-0.4, -0.2) is 35.5 Å². The Labute approximate surface area is 115 Å². The number of rotatable bonds is 9. The van der Waals surface area contributed by atoms with Crippen molar-refractivity contribution in [1.29, 1.82) is 0 Å². The molecule has 6 nitrogen and oxygen atoms in total. The average Bonchev–Trinajstić information content (AvgIpc) is 2.78. The summed E-state index contributed by atoms with van der Waals surface area (Å²) in [5.74, 6) is 0.597. The van der Waals surface area contributed by atoms with Gasteiger partial charge in [-0.1, -0.05) is 12.0 Å². The summed E-state index contributed by atoms with van der Waals surface area (Å²) < 4.78 is 10.9. The first-order valence-electron chi connectivity index (χ1n) is 6.90. The molecule has 0 aliphatic carbocycles. The molecule has 0 unspecified atom stereocenters. The zero-order valence-corrected chi connectivity index (χ0v) is 12.5. The zero-order chi connectivity index (χ0) is 14.1. The molecule has 1 heterocycles. The third kappa shape index (κ3) is 7.79. The van der Waals surface area contributed by atoms with Crippen LogP contribution in [-0.2, 0) is 11.3 Å². The molecule has 0 aliphatic rings. The summed E-state index contributed by atoms with van der Waals surface area (Å²) in [6, 6.07) is 0.473. The number of ether oxygens (including phenoxy) is 1. The van der Waals surface area contributed by atoms with Crippen molar-refractivity contribution < 1.29 is 9.15 Å². The van der Waals surface area contributed by atoms with E-state index in [1.165, 1.54) is 0 Å². The Morgan fingerprint density at radius 3 is 2.68 bits per heavy atom. The van der Waals surface area contributed by atoms with Gasteiger partial charge < -0.3 is 19.8 Å². The monoisotopic (exact) mass is 270 g/mol. The lowest BCUT2D eigenvalue weighted by Gasteiger charge is -2.18. The summed E-state index contributed by atoms with van der Waals surface area (Å²) in [6.45, 7) is 11.3. The third-order valence-electron chi connectivity index (χ3n) is 2.33. The number of hydrogen-bond donors (Lipinski definition) is 2. The molecule has 0 aromatic carbocycles. The van der Waals surface area contributed by atoms with Crippen LogP contribution in [0.3, 0.4) is 0 Å². The van der Waals surface area contributed by atoms with Gasteiger partial charge in [-0.3, -0.25) is 0 Å². The Hall–Kier alpha value is -1.14. The maximum absolute atomic E-state index is 5.47. The van der Waals surface area contributed by atoms with E-state index in [1.54, 1.807) is 0 Å². The zero-order valence-electron chi connectivity index (χ0n) is 12.5. The van der Waals surface area contributed by atoms with Gasteiger partial charge in [-0.25, -0.2) is 0 Å². The van der Waals surface area contributed by atoms with E-state index >= 15 is 0 Å². The SMILES string of the molecule is CCCOCCCNc1nnc(CNC(C)(C)C)o1. The highest BCUT2D eigenvalue weighted by Gasteiger charge is 2.11. The molecule has 2 N–H and O–H groups in total. The Kier molecular flexibility index (Phi) is 6.80. The Bertz CT molecular complexity index is 347. The number of hydrogen-bond acceptors (Lipinski definition) is 6. The number of aromatic nitrogens is 2. The molecule has 0 fully saturated rings. The second-order valence-electron chi connectivity index (χ2n) is 5.50. The minimum atomic E-state index is 0.0404. The van der Waals surface area contributed by atoms with Gasteiger partial charge in [-0.05, 0) is 33.6 Å². The first-order valence-corrected chi connectivity index (χ1v) is 6.90. The molecule has 0 spiro atoms. The van der Waals surface area contributed by atoms with Crippen LogP contribution in [0.5, 0.6) is 0 Å². The first kappa shape index (κ1) is 15.9. The molecule has 1 aromatic rings. The van der Waals surface area contributed by atoms with Crippen LogP contribution in [0, 0.1) is 0 Å². The molecule has 6 heteroatoms. The van der Waals surface area contributed by atoms with E-state index in [2.05, 4.69) is 48.5 Å². The van der Waals surface area contributed by atoms with Gasteiger partial charge in [0.2, 0.25) is 5.89 Å². The molecule has 0 bridgehead atoms. The van der Waals surface area contributed by atoms with E-state index in [0.717, 1.165) is 32.6 Å². The van der Waals surface area contributed by atoms with Crippen LogP contribution in [0.25, 0.3) is 0 Å². The maximum Gasteiger partial charge on any atom is 0.315 e. The highest BCUT2D eigenvalue weighted by molar-refractivity contribution is 5.16. The van der Waals surface area contributed by atoms with Gasteiger partial charge in [0.15, 0.2) is 0 Å². The lowest BCUT2D eigenvalue weighted by Crippen LogP contribution is -2.35. The standard InChI is InChI=1S/C13H26N4O2/c1-5-8-18-9-6-7-14-12-17-16-11(19-12)10-15-13(2,3)4/h15H,5-10H2,1-4H3,(H,14,17). The summed E-state index contributed by atoms with van der Waals surface area (Å²) in [5.41, 5.74) is 0.0404. The number of nitrogens with one attached hydrogen (secondary N) is 2. The molecule has 0 amide bonds. The Balaban J connectivity index is 2.16. The summed E-state index contributed by atoms with van der Waals surface area (Å²) in [6.07, 6.45) is 1.99. The van der Waals surface area contributed by atoms with Gasteiger partial charge in [0.1, 0.15) is 0 Å². The van der Waals surface area contributed by atoms with E-state index in [0.29, 0.717) is 18.5 Å². The molecule has 0 atom stereocenters. The summed E-state index contributed by atoms with van der Waals surface area (Å²) in [4.78, 5) is 0. The van der Waals surface area contributed by atoms with Crippen molar-refractivity contribution in [2.75, 3.05) is 25.1 Å². The van der Waals surface area contributed by atoms with Crippen LogP contribution >= 0.6 is 0 Å². The second kappa shape index (κ2) is 8.12. The minimum Gasteiger partial charge on any atom is -0.407 e. The van der Waals surface area contributed by atoms with E-state index in [1.807, 2.05) is 0 Å². The molecule has 0 saturated carbocycles. The van der Waals surface area contributed by atoms with Gasteiger partial charge >= 0.3 is 6.01 Å². The van der Waals surface area contributed by atoms with Gasteiger partial charge in [-0.15, -0.1) is 5.10 Å². The smallest absolute Gasteiger partial charge is 0.315 e. The normalized spacial score (nSPS) is 11.8. The number of nitrogens with zero attached hydrogens (tertiary/aromatic N) is 2. The fourth-order valence-corrected chi connectivity index (χ4v) is 1.35. The van der Waals surface area contributed by atoms with Gasteiger partial charge in [0, 0.05) is 25.3 Å². The van der Waals surface area contributed by atoms with Crippen LogP contribution in [0.2, 0.25) is 0 Å². The maximum atomic E-state index is 5.47. The third-order valence-corrected chi connectivity index (χ3v) is 2.33. The van der Waals surface area contributed by atoms with E-state index < -0.39 is 0 Å². The second-order valence-corrected chi connectivity index (χ2v) is 5.50. The lowest BCUT2D eigenvalue weighted by atomic mass is 10.1. The molecule has 110 valence electrons. The van der Waals surface area contributed by atoms with E-state index in [-0.39, 0.29) is 5.54 Å². The van der Waals surface area contributed by atoms with Gasteiger partial charge in [0.05, 0.1) is 6.54 Å². The largest absolute Gasteiger partial charge is 0.407 e. The summed E-state index contributed by atoms with van der Waals surface area (Å²) >= 11 is 0. The van der Waals surface area contributed by atoms with Crippen molar-refractivity contribution in [2.24, 2.45) is 0 Å². The molecule has 0 radical (unpaired) electrons. The number of anilines is 1. The average molecular weight is 270 g/mol. The fraction of sp³-hybridized carbons (Fsp3) is 0.846. The quantitative estimate of drug-likeness (QED) is 0.670. The van der Waals surface area contributed by atoms with Crippen LogP contribution < -0.4 is 10.6 Å². The predicted octanol–water partition coefficient (Wildman–Crippen LogP) is 2.19. The first-order chi connectivity index (χ1) is 9.01. The molecule has 0 aliphatic heterocycles. The molecular formula is C13H26N4O2. The van der Waals surface area contributed by atoms with Crippen molar-refractivity contribution in [2.45, 2.75) is 52.6 Å². The van der Waals surface area contributed by atoms with Gasteiger partial charge in [-0.2, -0.15) is 0 Å². The Morgan fingerprint density at radius 2 is 2.00 bits per heavy atom. The van der Waals surface area contributed by atoms with E-state index in [4.69, 9.17) is 9.15 Å². The van der Waals surface area contributed by atoms with Crippen LogP contribution in [0.1, 0.15) is 46.4 Å². The summed E-state index contributed by atoms with van der Waals surface area (Å²) in [5, 5.41) is 14.3. The molecular weight excluding hydrogens is 244 g/mol. The summed E-state index contributed by atoms with van der Waals surface area (Å²) in [7, 11) is 0. The molecule has 1 aromatic heterocycles. The van der Waals surface area contributed by atoms with Crippen LogP contribution in [0.4, 0.5) is 6.01 Å².